The van der Waals surface area contributed by atoms with E-state index in [0.29, 0.717) is 24.8 Å². The second-order valence-corrected chi connectivity index (χ2v) is 16.0. The highest BCUT2D eigenvalue weighted by Crippen LogP contribution is 2.82. The van der Waals surface area contributed by atoms with Crippen molar-refractivity contribution in [1.82, 2.24) is 0 Å². The van der Waals surface area contributed by atoms with Crippen molar-refractivity contribution >= 4 is 23.9 Å². The fourth-order valence-electron chi connectivity index (χ4n) is 10.9. The first kappa shape index (κ1) is 33.7. The van der Waals surface area contributed by atoms with Gasteiger partial charge in [0.05, 0.1) is 31.0 Å². The molecule has 1 aromatic heterocycles. The van der Waals surface area contributed by atoms with Crippen molar-refractivity contribution in [3.05, 3.63) is 35.8 Å². The molecule has 10 nitrogen and oxygen atoms in total. The molecule has 258 valence electrons. The van der Waals surface area contributed by atoms with Gasteiger partial charge in [0.1, 0.15) is 29.5 Å². The van der Waals surface area contributed by atoms with Crippen LogP contribution in [0.25, 0.3) is 0 Å². The summed E-state index contributed by atoms with van der Waals surface area (Å²) in [6.07, 6.45) is 4.12. The van der Waals surface area contributed by atoms with Crippen LogP contribution in [0.2, 0.25) is 0 Å². The monoisotopic (exact) mass is 654 g/mol. The molecule has 3 saturated carbocycles. The second kappa shape index (κ2) is 10.9. The van der Waals surface area contributed by atoms with Crippen molar-refractivity contribution < 1.29 is 47.3 Å². The molecule has 47 heavy (non-hydrogen) atoms. The zero-order valence-corrected chi connectivity index (χ0v) is 29.3. The highest BCUT2D eigenvalue weighted by molar-refractivity contribution is 5.87. The smallest absolute Gasteiger partial charge is 0.333 e. The minimum absolute atomic E-state index is 0.0679. The van der Waals surface area contributed by atoms with E-state index in [0.717, 1.165) is 5.56 Å². The molecular weight excluding hydrogens is 604 g/mol. The second-order valence-electron chi connectivity index (χ2n) is 16.0. The molecule has 0 radical (unpaired) electrons. The number of hydrogen-bond acceptors (Lipinski definition) is 10. The molecule has 0 aromatic carbocycles. The molecule has 0 bridgehead atoms. The maximum absolute atomic E-state index is 13.6. The maximum Gasteiger partial charge on any atom is 0.333 e. The lowest BCUT2D eigenvalue weighted by atomic mass is 9.37. The summed E-state index contributed by atoms with van der Waals surface area (Å²) in [5.41, 5.74) is -2.83. The Kier molecular flexibility index (Phi) is 7.85. The van der Waals surface area contributed by atoms with E-state index in [1.165, 1.54) is 6.92 Å². The summed E-state index contributed by atoms with van der Waals surface area (Å²) in [5, 5.41) is 0. The first-order valence-electron chi connectivity index (χ1n) is 17.0. The standard InChI is InChI=1S/C37H50O10/c1-11-20(4)32(41)45-28-15-24-33(6,7)47-30(39)17-26(43-21(5)38)34(24,8)25-16-27(44-31(40)19(2)3)35(9)23(22-12-13-42-18-22)14-29-37(35,46-29)36(25,28)10/h11-13,18-19,23-29H,14-17H2,1-10H3/b20-11+/t23-,24+,25-,26-,27-,28+,29-,34-,35-,36-,37-/m0/s1. The zero-order valence-electron chi connectivity index (χ0n) is 29.3. The predicted molar refractivity (Wildman–Crippen MR) is 169 cm³/mol. The lowest BCUT2D eigenvalue weighted by Crippen LogP contribution is -2.74. The number of hydrogen-bond donors (Lipinski definition) is 0. The van der Waals surface area contributed by atoms with E-state index >= 15 is 0 Å². The molecule has 2 saturated heterocycles. The molecule has 0 N–H and O–H groups in total. The van der Waals surface area contributed by atoms with Crippen LogP contribution >= 0.6 is 0 Å². The van der Waals surface area contributed by atoms with Crippen LogP contribution in [0.15, 0.2) is 34.7 Å². The van der Waals surface area contributed by atoms with Gasteiger partial charge in [-0.3, -0.25) is 14.4 Å². The van der Waals surface area contributed by atoms with Crippen LogP contribution in [0, 0.1) is 34.0 Å². The largest absolute Gasteiger partial charge is 0.472 e. The van der Waals surface area contributed by atoms with Crippen LogP contribution < -0.4 is 0 Å². The number of carbonyl (C=O) groups excluding carboxylic acids is 4. The minimum atomic E-state index is -0.996. The Labute approximate surface area is 277 Å². The SMILES string of the molecule is C/C=C(\C)C(=O)O[C@@H]1C[C@@H]2C(C)(C)OC(=O)C[C@H](OC(C)=O)[C@]2(C)[C@@H]2C[C@H](OC(=O)C(C)C)[C@]3(C)[C@H](c4ccoc4)C[C@@H]4O[C@@]43[C@]12C. The number of epoxide rings is 1. The van der Waals surface area contributed by atoms with Crippen LogP contribution in [0.1, 0.15) is 106 Å². The highest BCUT2D eigenvalue weighted by Gasteiger charge is 2.90. The van der Waals surface area contributed by atoms with Crippen molar-refractivity contribution in [3.63, 3.8) is 0 Å². The van der Waals surface area contributed by atoms with Gasteiger partial charge in [-0.1, -0.05) is 40.7 Å². The van der Waals surface area contributed by atoms with Gasteiger partial charge in [0.2, 0.25) is 0 Å². The van der Waals surface area contributed by atoms with Crippen molar-refractivity contribution in [3.8, 4) is 0 Å². The Morgan fingerprint density at radius 1 is 0.915 bits per heavy atom. The summed E-state index contributed by atoms with van der Waals surface area (Å²) in [7, 11) is 0. The first-order chi connectivity index (χ1) is 21.9. The zero-order chi connectivity index (χ0) is 34.5. The summed E-state index contributed by atoms with van der Waals surface area (Å²) < 4.78 is 37.8. The normalized spacial score (nSPS) is 43.3. The van der Waals surface area contributed by atoms with E-state index in [2.05, 4.69) is 20.8 Å². The number of rotatable bonds is 6. The predicted octanol–water partition coefficient (Wildman–Crippen LogP) is 6.07. The van der Waals surface area contributed by atoms with Crippen LogP contribution in [0.4, 0.5) is 0 Å². The molecule has 3 heterocycles. The molecule has 0 amide bonds. The van der Waals surface area contributed by atoms with Crippen molar-refractivity contribution in [2.45, 2.75) is 136 Å². The Morgan fingerprint density at radius 2 is 1.57 bits per heavy atom. The molecule has 10 heteroatoms. The summed E-state index contributed by atoms with van der Waals surface area (Å²) in [6.45, 7) is 18.6. The van der Waals surface area contributed by atoms with E-state index in [9.17, 15) is 19.2 Å². The Bertz CT molecular complexity index is 1490. The van der Waals surface area contributed by atoms with Gasteiger partial charge in [0.15, 0.2) is 0 Å². The summed E-state index contributed by atoms with van der Waals surface area (Å²) in [4.78, 5) is 53.2. The summed E-state index contributed by atoms with van der Waals surface area (Å²) >= 11 is 0. The van der Waals surface area contributed by atoms with Gasteiger partial charge in [-0.25, -0.2) is 4.79 Å². The lowest BCUT2D eigenvalue weighted by Gasteiger charge is -2.68. The van der Waals surface area contributed by atoms with Gasteiger partial charge in [-0.15, -0.1) is 0 Å². The van der Waals surface area contributed by atoms with Gasteiger partial charge in [-0.2, -0.15) is 0 Å². The van der Waals surface area contributed by atoms with Crippen LogP contribution in [0.3, 0.4) is 0 Å². The van der Waals surface area contributed by atoms with Crippen molar-refractivity contribution in [1.29, 1.82) is 0 Å². The number of furan rings is 1. The molecule has 11 atom stereocenters. The number of allylic oxidation sites excluding steroid dienone is 1. The Hall–Kier alpha value is -3.14. The third-order valence-electron chi connectivity index (χ3n) is 13.2. The summed E-state index contributed by atoms with van der Waals surface area (Å²) in [5.74, 6) is -2.90. The fraction of sp³-hybridized carbons (Fsp3) is 0.730. The average Bonchev–Trinajstić information content (AvgIpc) is 3.35. The lowest BCUT2D eigenvalue weighted by molar-refractivity contribution is -0.284. The highest BCUT2D eigenvalue weighted by atomic mass is 16.6. The molecule has 1 aromatic rings. The van der Waals surface area contributed by atoms with Gasteiger partial charge in [0.25, 0.3) is 0 Å². The third kappa shape index (κ3) is 4.52. The number of cyclic esters (lactones) is 1. The molecular formula is C37H50O10. The molecule has 5 aliphatic rings. The molecule has 3 aliphatic carbocycles. The van der Waals surface area contributed by atoms with E-state index in [1.54, 1.807) is 32.4 Å². The average molecular weight is 655 g/mol. The van der Waals surface area contributed by atoms with Gasteiger partial charge >= 0.3 is 23.9 Å². The quantitative estimate of drug-likeness (QED) is 0.154. The first-order valence-corrected chi connectivity index (χ1v) is 17.0. The molecule has 1 spiro atoms. The van der Waals surface area contributed by atoms with Crippen LogP contribution in [-0.2, 0) is 42.9 Å². The van der Waals surface area contributed by atoms with Gasteiger partial charge in [0, 0.05) is 40.6 Å². The fourth-order valence-corrected chi connectivity index (χ4v) is 10.9. The van der Waals surface area contributed by atoms with E-state index < -0.39 is 69.6 Å². The third-order valence-corrected chi connectivity index (χ3v) is 13.2. The number of carbonyl (C=O) groups is 4. The van der Waals surface area contributed by atoms with Crippen LogP contribution in [0.5, 0.6) is 0 Å². The van der Waals surface area contributed by atoms with Gasteiger partial charge in [-0.05, 0) is 64.5 Å². The molecule has 0 unspecified atom stereocenters. The van der Waals surface area contributed by atoms with Crippen molar-refractivity contribution in [2.24, 2.45) is 34.0 Å². The number of esters is 4. The molecule has 5 fully saturated rings. The minimum Gasteiger partial charge on any atom is -0.472 e. The Balaban J connectivity index is 1.61. The Morgan fingerprint density at radius 3 is 2.17 bits per heavy atom. The number of fused-ring (bicyclic) bond motifs is 3. The summed E-state index contributed by atoms with van der Waals surface area (Å²) in [6, 6.07) is 1.96. The van der Waals surface area contributed by atoms with E-state index in [-0.39, 0.29) is 36.2 Å². The molecule has 2 aliphatic heterocycles. The maximum atomic E-state index is 13.6. The number of ether oxygens (including phenoxy) is 5. The van der Waals surface area contributed by atoms with Gasteiger partial charge < -0.3 is 28.1 Å². The van der Waals surface area contributed by atoms with Crippen LogP contribution in [-0.4, -0.2) is 59.5 Å². The molecule has 6 rings (SSSR count). The van der Waals surface area contributed by atoms with Crippen molar-refractivity contribution in [2.75, 3.05) is 0 Å². The van der Waals surface area contributed by atoms with E-state index in [4.69, 9.17) is 28.1 Å². The van der Waals surface area contributed by atoms with E-state index in [1.807, 2.05) is 33.8 Å². The topological polar surface area (TPSA) is 131 Å².